The van der Waals surface area contributed by atoms with Crippen molar-refractivity contribution in [2.75, 3.05) is 11.9 Å². The number of nitrogens with one attached hydrogen (secondary N) is 1. The summed E-state index contributed by atoms with van der Waals surface area (Å²) in [6.07, 6.45) is 0. The van der Waals surface area contributed by atoms with E-state index in [-0.39, 0.29) is 17.9 Å². The van der Waals surface area contributed by atoms with Crippen molar-refractivity contribution in [2.24, 2.45) is 5.92 Å². The van der Waals surface area contributed by atoms with Crippen LogP contribution in [0.1, 0.15) is 44.4 Å². The number of rotatable bonds is 7. The molecule has 0 aromatic heterocycles. The van der Waals surface area contributed by atoms with Crippen LogP contribution in [-0.4, -0.2) is 29.4 Å². The molecule has 2 aromatic rings. The molecule has 3 rings (SSSR count). The Balaban J connectivity index is 1.99. The second-order valence-electron chi connectivity index (χ2n) is 8.48. The summed E-state index contributed by atoms with van der Waals surface area (Å²) >= 11 is 0. The Labute approximate surface area is 178 Å². The van der Waals surface area contributed by atoms with E-state index >= 15 is 0 Å². The third kappa shape index (κ3) is 4.40. The predicted octanol–water partition coefficient (Wildman–Crippen LogP) is 4.94. The lowest BCUT2D eigenvalue weighted by molar-refractivity contribution is -0.138. The third-order valence-corrected chi connectivity index (χ3v) is 5.13. The van der Waals surface area contributed by atoms with Gasteiger partial charge in [-0.05, 0) is 74.6 Å². The van der Waals surface area contributed by atoms with Crippen LogP contribution in [0.4, 0.5) is 5.69 Å². The van der Waals surface area contributed by atoms with Crippen LogP contribution in [0.5, 0.6) is 5.75 Å². The van der Waals surface area contributed by atoms with Crippen LogP contribution >= 0.6 is 0 Å². The number of nitrogens with zero attached hydrogens (tertiary/aromatic N) is 1. The average Bonchev–Trinajstić information content (AvgIpc) is 2.93. The summed E-state index contributed by atoms with van der Waals surface area (Å²) in [7, 11) is 0. The summed E-state index contributed by atoms with van der Waals surface area (Å²) in [5.41, 5.74) is 4.47. The number of carbonyl (C=O) groups is 2. The average molecular weight is 407 g/mol. The quantitative estimate of drug-likeness (QED) is 0.662. The van der Waals surface area contributed by atoms with Gasteiger partial charge in [-0.2, -0.15) is 0 Å². The first-order valence-electron chi connectivity index (χ1n) is 10.4. The van der Waals surface area contributed by atoms with Crippen molar-refractivity contribution < 1.29 is 14.3 Å². The first-order valence-corrected chi connectivity index (χ1v) is 10.4. The van der Waals surface area contributed by atoms with Crippen molar-refractivity contribution in [3.63, 3.8) is 0 Å². The Morgan fingerprint density at radius 3 is 2.13 bits per heavy atom. The molecule has 1 heterocycles. The summed E-state index contributed by atoms with van der Waals surface area (Å²) in [6, 6.07) is 13.0. The van der Waals surface area contributed by atoms with Gasteiger partial charge in [0.25, 0.3) is 11.8 Å². The molecule has 2 amide bonds. The first-order chi connectivity index (χ1) is 14.2. The molecule has 0 spiro atoms. The molecule has 1 aliphatic heterocycles. The lowest BCUT2D eigenvalue weighted by Gasteiger charge is -2.19. The number of carbonyl (C=O) groups excluding carboxylic acids is 2. The van der Waals surface area contributed by atoms with Crippen LogP contribution in [0.25, 0.3) is 5.57 Å². The lowest BCUT2D eigenvalue weighted by Crippen LogP contribution is -2.38. The van der Waals surface area contributed by atoms with Gasteiger partial charge in [0.2, 0.25) is 0 Å². The van der Waals surface area contributed by atoms with Crippen LogP contribution in [0, 0.1) is 19.8 Å². The van der Waals surface area contributed by atoms with Gasteiger partial charge in [0.1, 0.15) is 11.4 Å². The highest BCUT2D eigenvalue weighted by atomic mass is 16.5. The van der Waals surface area contributed by atoms with Crippen LogP contribution in [-0.2, 0) is 9.59 Å². The number of hydrogen-bond acceptors (Lipinski definition) is 4. The van der Waals surface area contributed by atoms with Crippen molar-refractivity contribution in [3.8, 4) is 5.75 Å². The second-order valence-corrected chi connectivity index (χ2v) is 8.48. The summed E-state index contributed by atoms with van der Waals surface area (Å²) in [5, 5.41) is 3.21. The van der Waals surface area contributed by atoms with Gasteiger partial charge < -0.3 is 10.1 Å². The zero-order valence-electron chi connectivity index (χ0n) is 18.6. The van der Waals surface area contributed by atoms with Crippen molar-refractivity contribution >= 4 is 23.1 Å². The smallest absolute Gasteiger partial charge is 0.278 e. The molecule has 2 aromatic carbocycles. The van der Waals surface area contributed by atoms with E-state index in [4.69, 9.17) is 4.74 Å². The second kappa shape index (κ2) is 8.74. The van der Waals surface area contributed by atoms with Crippen LogP contribution in [0.3, 0.4) is 0 Å². The molecule has 0 saturated heterocycles. The van der Waals surface area contributed by atoms with Gasteiger partial charge in [0.15, 0.2) is 0 Å². The minimum absolute atomic E-state index is 0.229. The Morgan fingerprint density at radius 1 is 0.900 bits per heavy atom. The molecule has 0 aliphatic carbocycles. The normalized spacial score (nSPS) is 14.3. The molecule has 0 unspecified atom stereocenters. The Hall–Kier alpha value is -3.08. The molecular formula is C25H30N2O3. The van der Waals surface area contributed by atoms with Gasteiger partial charge in [0, 0.05) is 11.7 Å². The fraction of sp³-hybridized carbons (Fsp3) is 0.360. The zero-order chi connectivity index (χ0) is 22.0. The van der Waals surface area contributed by atoms with Crippen molar-refractivity contribution in [1.29, 1.82) is 0 Å². The van der Waals surface area contributed by atoms with Gasteiger partial charge in [-0.25, -0.2) is 0 Å². The fourth-order valence-corrected chi connectivity index (χ4v) is 3.34. The van der Waals surface area contributed by atoms with Gasteiger partial charge in [-0.15, -0.1) is 0 Å². The number of anilines is 1. The maximum atomic E-state index is 13.2. The van der Waals surface area contributed by atoms with E-state index in [2.05, 4.69) is 19.2 Å². The molecule has 0 bridgehead atoms. The SMILES string of the molecule is Cc1ccc(NC2=C(c3ccc(OCC(C)C)cc3)C(=O)N(C(C)C)C2=O)cc1C. The standard InChI is InChI=1S/C25H30N2O3/c1-15(2)14-30-21-11-8-19(9-12-21)22-23(25(29)27(16(3)4)24(22)28)26-20-10-7-17(5)18(6)13-20/h7-13,15-16,26H,14H2,1-6H3. The van der Waals surface area contributed by atoms with Gasteiger partial charge in [-0.3, -0.25) is 14.5 Å². The summed E-state index contributed by atoms with van der Waals surface area (Å²) in [4.78, 5) is 27.6. The lowest BCUT2D eigenvalue weighted by atomic mass is 10.0. The van der Waals surface area contributed by atoms with E-state index in [0.29, 0.717) is 29.4 Å². The topological polar surface area (TPSA) is 58.6 Å². The van der Waals surface area contributed by atoms with E-state index in [1.807, 2.05) is 70.2 Å². The van der Waals surface area contributed by atoms with E-state index in [1.54, 1.807) is 0 Å². The molecule has 0 fully saturated rings. The Bertz CT molecular complexity index is 988. The monoisotopic (exact) mass is 406 g/mol. The van der Waals surface area contributed by atoms with Gasteiger partial charge in [0.05, 0.1) is 12.2 Å². The summed E-state index contributed by atoms with van der Waals surface area (Å²) in [5.74, 6) is 0.588. The third-order valence-electron chi connectivity index (χ3n) is 5.13. The number of amides is 2. The number of imide groups is 1. The van der Waals surface area contributed by atoms with Crippen LogP contribution in [0.2, 0.25) is 0 Å². The van der Waals surface area contributed by atoms with Crippen molar-refractivity contribution in [3.05, 3.63) is 64.9 Å². The van der Waals surface area contributed by atoms with Crippen LogP contribution < -0.4 is 10.1 Å². The molecule has 0 saturated carbocycles. The number of hydrogen-bond donors (Lipinski definition) is 1. The largest absolute Gasteiger partial charge is 0.493 e. The van der Waals surface area contributed by atoms with Crippen LogP contribution in [0.15, 0.2) is 48.2 Å². The molecule has 5 nitrogen and oxygen atoms in total. The van der Waals surface area contributed by atoms with E-state index in [1.165, 1.54) is 10.5 Å². The highest BCUT2D eigenvalue weighted by Gasteiger charge is 2.40. The predicted molar refractivity (Wildman–Crippen MR) is 120 cm³/mol. The molecule has 0 radical (unpaired) electrons. The zero-order valence-corrected chi connectivity index (χ0v) is 18.6. The first kappa shape index (κ1) is 21.6. The molecule has 1 aliphatic rings. The van der Waals surface area contributed by atoms with E-state index in [0.717, 1.165) is 17.0 Å². The van der Waals surface area contributed by atoms with E-state index < -0.39 is 0 Å². The molecule has 5 heteroatoms. The number of benzene rings is 2. The fourth-order valence-electron chi connectivity index (χ4n) is 3.34. The molecule has 0 atom stereocenters. The molecule has 158 valence electrons. The highest BCUT2D eigenvalue weighted by molar-refractivity contribution is 6.36. The minimum Gasteiger partial charge on any atom is -0.493 e. The number of ether oxygens (including phenoxy) is 1. The van der Waals surface area contributed by atoms with Crippen molar-refractivity contribution in [1.82, 2.24) is 4.90 Å². The summed E-state index contributed by atoms with van der Waals surface area (Å²) < 4.78 is 5.75. The Morgan fingerprint density at radius 2 is 1.57 bits per heavy atom. The maximum absolute atomic E-state index is 13.2. The number of aryl methyl sites for hydroxylation is 2. The molecule has 1 N–H and O–H groups in total. The minimum atomic E-state index is -0.302. The van der Waals surface area contributed by atoms with E-state index in [9.17, 15) is 9.59 Å². The highest BCUT2D eigenvalue weighted by Crippen LogP contribution is 2.32. The molecule has 30 heavy (non-hydrogen) atoms. The summed E-state index contributed by atoms with van der Waals surface area (Å²) in [6.45, 7) is 12.6. The Kier molecular flexibility index (Phi) is 6.30. The van der Waals surface area contributed by atoms with Gasteiger partial charge in [-0.1, -0.05) is 32.0 Å². The molecular weight excluding hydrogens is 376 g/mol. The van der Waals surface area contributed by atoms with Gasteiger partial charge >= 0.3 is 0 Å². The van der Waals surface area contributed by atoms with Crippen molar-refractivity contribution in [2.45, 2.75) is 47.6 Å². The maximum Gasteiger partial charge on any atom is 0.278 e.